The summed E-state index contributed by atoms with van der Waals surface area (Å²) in [5, 5.41) is 0.540. The van der Waals surface area contributed by atoms with Gasteiger partial charge in [0.1, 0.15) is 5.69 Å². The quantitative estimate of drug-likeness (QED) is 0.719. The van der Waals surface area contributed by atoms with Crippen molar-refractivity contribution in [2.24, 2.45) is 0 Å². The molecule has 5 heteroatoms. The van der Waals surface area contributed by atoms with Gasteiger partial charge in [0.05, 0.1) is 18.3 Å². The molecule has 19 heavy (non-hydrogen) atoms. The normalized spacial score (nSPS) is 10.9. The zero-order chi connectivity index (χ0) is 13.4. The van der Waals surface area contributed by atoms with Crippen LogP contribution in [0.15, 0.2) is 36.7 Å². The molecule has 1 aromatic carbocycles. The summed E-state index contributed by atoms with van der Waals surface area (Å²) in [6.45, 7) is 2.05. The average Bonchev–Trinajstić information content (AvgIpc) is 2.77. The molecule has 3 aromatic rings. The zero-order valence-corrected chi connectivity index (χ0v) is 11.3. The molecule has 0 spiro atoms. The zero-order valence-electron chi connectivity index (χ0n) is 10.6. The Labute approximate surface area is 115 Å². The Hall–Kier alpha value is -2.07. The maximum Gasteiger partial charge on any atom is 0.237 e. The van der Waals surface area contributed by atoms with Gasteiger partial charge in [-0.1, -0.05) is 41.4 Å². The van der Waals surface area contributed by atoms with Crippen LogP contribution in [0.1, 0.15) is 5.56 Å². The van der Waals surface area contributed by atoms with Gasteiger partial charge in [0.2, 0.25) is 11.7 Å². The second-order valence-electron chi connectivity index (χ2n) is 4.28. The van der Waals surface area contributed by atoms with E-state index in [4.69, 9.17) is 16.3 Å². The van der Waals surface area contributed by atoms with Crippen molar-refractivity contribution in [3.8, 4) is 17.1 Å². The molecule has 0 aliphatic heterocycles. The topological polar surface area (TPSA) is 39.4 Å². The molecule has 96 valence electrons. The Kier molecular flexibility index (Phi) is 2.87. The lowest BCUT2D eigenvalue weighted by Gasteiger charge is -2.03. The molecular formula is C14H12ClN3O. The number of benzene rings is 1. The summed E-state index contributed by atoms with van der Waals surface area (Å²) in [5.74, 6) is 1.20. The maximum absolute atomic E-state index is 5.96. The van der Waals surface area contributed by atoms with Crippen molar-refractivity contribution in [2.45, 2.75) is 6.92 Å². The maximum atomic E-state index is 5.96. The summed E-state index contributed by atoms with van der Waals surface area (Å²) in [6.07, 6.45) is 3.32. The van der Waals surface area contributed by atoms with Gasteiger partial charge in [-0.15, -0.1) is 0 Å². The van der Waals surface area contributed by atoms with Gasteiger partial charge < -0.3 is 4.74 Å². The van der Waals surface area contributed by atoms with E-state index in [-0.39, 0.29) is 0 Å². The summed E-state index contributed by atoms with van der Waals surface area (Å²) < 4.78 is 7.19. The fourth-order valence-corrected chi connectivity index (χ4v) is 2.13. The van der Waals surface area contributed by atoms with E-state index in [0.717, 1.165) is 11.3 Å². The van der Waals surface area contributed by atoms with Crippen LogP contribution in [-0.2, 0) is 0 Å². The Morgan fingerprint density at radius 3 is 2.63 bits per heavy atom. The van der Waals surface area contributed by atoms with Crippen LogP contribution in [0, 0.1) is 6.92 Å². The van der Waals surface area contributed by atoms with E-state index in [1.54, 1.807) is 23.9 Å². The van der Waals surface area contributed by atoms with E-state index in [1.165, 1.54) is 5.56 Å². The highest BCUT2D eigenvalue weighted by atomic mass is 35.5. The number of methoxy groups -OCH3 is 1. The van der Waals surface area contributed by atoms with Gasteiger partial charge in [0.25, 0.3) is 0 Å². The van der Waals surface area contributed by atoms with Gasteiger partial charge in [0.15, 0.2) is 0 Å². The summed E-state index contributed by atoms with van der Waals surface area (Å²) in [5.41, 5.74) is 2.95. The van der Waals surface area contributed by atoms with Crippen molar-refractivity contribution in [3.63, 3.8) is 0 Å². The third-order valence-electron chi connectivity index (χ3n) is 2.92. The Bertz CT molecular complexity index is 734. The molecular weight excluding hydrogens is 262 g/mol. The first-order valence-electron chi connectivity index (χ1n) is 5.83. The molecule has 0 saturated carbocycles. The van der Waals surface area contributed by atoms with E-state index >= 15 is 0 Å². The minimum atomic E-state index is 0.540. The smallest absolute Gasteiger partial charge is 0.237 e. The van der Waals surface area contributed by atoms with Crippen LogP contribution in [0.3, 0.4) is 0 Å². The van der Waals surface area contributed by atoms with E-state index in [2.05, 4.69) is 9.97 Å². The highest BCUT2D eigenvalue weighted by Crippen LogP contribution is 2.30. The molecule has 0 fully saturated rings. The lowest BCUT2D eigenvalue weighted by Crippen LogP contribution is -1.92. The highest BCUT2D eigenvalue weighted by Gasteiger charge is 2.15. The van der Waals surface area contributed by atoms with Crippen LogP contribution in [0.4, 0.5) is 0 Å². The number of ether oxygens (including phenoxy) is 1. The third-order valence-corrected chi connectivity index (χ3v) is 3.12. The molecule has 3 rings (SSSR count). The molecule has 0 aliphatic rings. The number of hydrogen-bond acceptors (Lipinski definition) is 3. The predicted octanol–water partition coefficient (Wildman–Crippen LogP) is 3.37. The molecule has 0 radical (unpaired) electrons. The van der Waals surface area contributed by atoms with E-state index < -0.39 is 0 Å². The second-order valence-corrected chi connectivity index (χ2v) is 4.71. The van der Waals surface area contributed by atoms with Crippen molar-refractivity contribution in [3.05, 3.63) is 47.2 Å². The van der Waals surface area contributed by atoms with Gasteiger partial charge in [-0.05, 0) is 6.92 Å². The van der Waals surface area contributed by atoms with Crippen LogP contribution in [0.2, 0.25) is 5.02 Å². The van der Waals surface area contributed by atoms with Crippen LogP contribution in [0.5, 0.6) is 5.88 Å². The Morgan fingerprint density at radius 1 is 1.21 bits per heavy atom. The first-order valence-corrected chi connectivity index (χ1v) is 6.21. The molecule has 4 nitrogen and oxygen atoms in total. The molecule has 0 N–H and O–H groups in total. The van der Waals surface area contributed by atoms with Gasteiger partial charge in [-0.25, -0.2) is 9.97 Å². The van der Waals surface area contributed by atoms with Crippen LogP contribution in [-0.4, -0.2) is 21.5 Å². The molecule has 0 unspecified atom stereocenters. The summed E-state index contributed by atoms with van der Waals surface area (Å²) in [7, 11) is 1.61. The Morgan fingerprint density at radius 2 is 1.95 bits per heavy atom. The number of rotatable bonds is 2. The van der Waals surface area contributed by atoms with E-state index in [1.807, 2.05) is 31.2 Å². The highest BCUT2D eigenvalue weighted by molar-refractivity contribution is 6.30. The van der Waals surface area contributed by atoms with E-state index in [0.29, 0.717) is 16.7 Å². The minimum Gasteiger partial charge on any atom is -0.480 e. The van der Waals surface area contributed by atoms with Gasteiger partial charge >= 0.3 is 0 Å². The van der Waals surface area contributed by atoms with Gasteiger partial charge in [-0.3, -0.25) is 4.40 Å². The molecule has 0 amide bonds. The first-order chi connectivity index (χ1) is 9.19. The number of halogens is 1. The molecule has 2 aromatic heterocycles. The summed E-state index contributed by atoms with van der Waals surface area (Å²) in [6, 6.07) is 8.11. The van der Waals surface area contributed by atoms with Gasteiger partial charge in [0, 0.05) is 11.8 Å². The number of fused-ring (bicyclic) bond motifs is 1. The predicted molar refractivity (Wildman–Crippen MR) is 74.7 cm³/mol. The number of nitrogens with zero attached hydrogens (tertiary/aromatic N) is 3. The van der Waals surface area contributed by atoms with Crippen molar-refractivity contribution in [1.82, 2.24) is 14.4 Å². The molecule has 0 atom stereocenters. The van der Waals surface area contributed by atoms with Crippen molar-refractivity contribution in [1.29, 1.82) is 0 Å². The fraction of sp³-hybridized carbons (Fsp3) is 0.143. The second kappa shape index (κ2) is 4.55. The Balaban J connectivity index is 2.25. The third kappa shape index (κ3) is 2.04. The minimum absolute atomic E-state index is 0.540. The number of aromatic nitrogens is 3. The summed E-state index contributed by atoms with van der Waals surface area (Å²) >= 11 is 5.96. The molecule has 0 saturated heterocycles. The SMILES string of the molecule is COc1c(-c2ccc(C)cc2)nc2ncc(Cl)cn12. The monoisotopic (exact) mass is 273 g/mol. The first kappa shape index (κ1) is 12.0. The number of imidazole rings is 1. The molecule has 0 bridgehead atoms. The molecule has 2 heterocycles. The average molecular weight is 274 g/mol. The number of hydrogen-bond donors (Lipinski definition) is 0. The largest absolute Gasteiger partial charge is 0.480 e. The number of aryl methyl sites for hydroxylation is 1. The lowest BCUT2D eigenvalue weighted by molar-refractivity contribution is 0.395. The van der Waals surface area contributed by atoms with Gasteiger partial charge in [-0.2, -0.15) is 0 Å². The van der Waals surface area contributed by atoms with Crippen LogP contribution >= 0.6 is 11.6 Å². The van der Waals surface area contributed by atoms with Crippen LogP contribution < -0.4 is 4.74 Å². The van der Waals surface area contributed by atoms with Crippen LogP contribution in [0.25, 0.3) is 17.0 Å². The van der Waals surface area contributed by atoms with Crippen molar-refractivity contribution >= 4 is 17.4 Å². The standard InChI is InChI=1S/C14H12ClN3O/c1-9-3-5-10(6-4-9)12-13(19-2)18-8-11(15)7-16-14(18)17-12/h3-8H,1-2H3. The summed E-state index contributed by atoms with van der Waals surface area (Å²) in [4.78, 5) is 8.69. The van der Waals surface area contributed by atoms with E-state index in [9.17, 15) is 0 Å². The molecule has 0 aliphatic carbocycles. The van der Waals surface area contributed by atoms with Crippen molar-refractivity contribution < 1.29 is 4.74 Å². The lowest BCUT2D eigenvalue weighted by atomic mass is 10.1. The fourth-order valence-electron chi connectivity index (χ4n) is 1.98. The van der Waals surface area contributed by atoms with Crippen molar-refractivity contribution in [2.75, 3.05) is 7.11 Å².